The van der Waals surface area contributed by atoms with E-state index in [0.717, 1.165) is 0 Å². The molecule has 110 valence electrons. The quantitative estimate of drug-likeness (QED) is 0.635. The van der Waals surface area contributed by atoms with Crippen LogP contribution in [0.15, 0.2) is 54.6 Å². The van der Waals surface area contributed by atoms with Gasteiger partial charge in [0.1, 0.15) is 11.5 Å². The average Bonchev–Trinajstić information content (AvgIpc) is 2.46. The lowest BCUT2D eigenvalue weighted by Crippen LogP contribution is -2.19. The number of halogens is 3. The highest BCUT2D eigenvalue weighted by atomic mass is 19.4. The fraction of sp³-hybridized carbons (Fsp3) is 0.133. The third kappa shape index (κ3) is 4.83. The number of hydrogen-bond donors (Lipinski definition) is 0. The summed E-state index contributed by atoms with van der Waals surface area (Å²) >= 11 is 0. The minimum absolute atomic E-state index is 0.0480. The highest BCUT2D eigenvalue weighted by Gasteiger charge is 2.28. The van der Waals surface area contributed by atoms with Gasteiger partial charge in [-0.2, -0.15) is 13.2 Å². The molecule has 0 bridgehead atoms. The Morgan fingerprint density at radius 2 is 1.48 bits per heavy atom. The molecule has 0 spiro atoms. The number of ether oxygens (including phenoxy) is 2. The lowest BCUT2D eigenvalue weighted by atomic mass is 10.2. The highest BCUT2D eigenvalue weighted by Crippen LogP contribution is 2.21. The van der Waals surface area contributed by atoms with Crippen LogP contribution in [-0.4, -0.2) is 18.8 Å². The van der Waals surface area contributed by atoms with Crippen LogP contribution in [0.1, 0.15) is 10.4 Å². The minimum Gasteiger partial charge on any atom is -0.484 e. The number of carbonyl (C=O) groups excluding carboxylic acids is 1. The molecule has 0 aliphatic heterocycles. The lowest BCUT2D eigenvalue weighted by molar-refractivity contribution is -0.153. The number of alkyl halides is 3. The number of benzene rings is 2. The van der Waals surface area contributed by atoms with Crippen molar-refractivity contribution in [1.29, 1.82) is 0 Å². The van der Waals surface area contributed by atoms with E-state index in [4.69, 9.17) is 4.74 Å². The van der Waals surface area contributed by atoms with Gasteiger partial charge in [-0.3, -0.25) is 0 Å². The molecule has 0 aliphatic carbocycles. The Kier molecular flexibility index (Phi) is 4.47. The summed E-state index contributed by atoms with van der Waals surface area (Å²) in [5, 5.41) is 0. The molecule has 0 saturated heterocycles. The maximum Gasteiger partial charge on any atom is 0.422 e. The molecule has 0 amide bonds. The number of carbonyl (C=O) groups is 1. The van der Waals surface area contributed by atoms with Crippen LogP contribution in [0.25, 0.3) is 0 Å². The zero-order valence-corrected chi connectivity index (χ0v) is 10.8. The molecule has 0 aromatic heterocycles. The van der Waals surface area contributed by atoms with E-state index in [0.29, 0.717) is 5.56 Å². The van der Waals surface area contributed by atoms with Crippen LogP contribution in [0, 0.1) is 0 Å². The van der Waals surface area contributed by atoms with Gasteiger partial charge in [0.25, 0.3) is 0 Å². The van der Waals surface area contributed by atoms with E-state index in [-0.39, 0.29) is 11.5 Å². The van der Waals surface area contributed by atoms with Crippen molar-refractivity contribution in [2.75, 3.05) is 6.61 Å². The number of esters is 1. The first-order valence-electron chi connectivity index (χ1n) is 6.01. The highest BCUT2D eigenvalue weighted by molar-refractivity contribution is 5.90. The molecular formula is C15H11F3O3. The van der Waals surface area contributed by atoms with Gasteiger partial charge in [0.15, 0.2) is 6.61 Å². The summed E-state index contributed by atoms with van der Waals surface area (Å²) in [5.41, 5.74) is 0.384. The molecule has 2 rings (SSSR count). The predicted octanol–water partition coefficient (Wildman–Crippen LogP) is 3.85. The number of hydrogen-bond acceptors (Lipinski definition) is 3. The molecule has 6 heteroatoms. The smallest absolute Gasteiger partial charge is 0.422 e. The van der Waals surface area contributed by atoms with E-state index < -0.39 is 18.8 Å². The molecule has 0 unspecified atom stereocenters. The Morgan fingerprint density at radius 3 is 2.05 bits per heavy atom. The molecule has 0 N–H and O–H groups in total. The van der Waals surface area contributed by atoms with Crippen LogP contribution in [0.3, 0.4) is 0 Å². The Hall–Kier alpha value is -2.50. The summed E-state index contributed by atoms with van der Waals surface area (Å²) < 4.78 is 45.6. The Bertz CT molecular complexity index is 592. The molecule has 0 radical (unpaired) electrons. The number of rotatable bonds is 4. The average molecular weight is 296 g/mol. The van der Waals surface area contributed by atoms with E-state index in [9.17, 15) is 18.0 Å². The fourth-order valence-electron chi connectivity index (χ4n) is 1.51. The van der Waals surface area contributed by atoms with Gasteiger partial charge in [0, 0.05) is 0 Å². The third-order valence-corrected chi connectivity index (χ3v) is 2.45. The van der Waals surface area contributed by atoms with E-state index in [1.807, 2.05) is 0 Å². The monoisotopic (exact) mass is 296 g/mol. The van der Waals surface area contributed by atoms with Gasteiger partial charge in [-0.1, -0.05) is 18.2 Å². The summed E-state index contributed by atoms with van der Waals surface area (Å²) in [6.45, 7) is -1.36. The van der Waals surface area contributed by atoms with Crippen LogP contribution < -0.4 is 9.47 Å². The van der Waals surface area contributed by atoms with Crippen molar-refractivity contribution >= 4 is 5.97 Å². The summed E-state index contributed by atoms with van der Waals surface area (Å²) in [4.78, 5) is 11.8. The van der Waals surface area contributed by atoms with Gasteiger partial charge in [0.2, 0.25) is 0 Å². The van der Waals surface area contributed by atoms with E-state index in [1.54, 1.807) is 30.3 Å². The predicted molar refractivity (Wildman–Crippen MR) is 69.4 cm³/mol. The van der Waals surface area contributed by atoms with Crippen molar-refractivity contribution in [2.45, 2.75) is 6.18 Å². The second kappa shape index (κ2) is 6.30. The van der Waals surface area contributed by atoms with Crippen molar-refractivity contribution in [2.24, 2.45) is 0 Å². The standard InChI is InChI=1S/C15H11F3O3/c16-15(17,18)10-20-12-6-8-13(9-7-12)21-14(19)11-4-2-1-3-5-11/h1-9H,10H2. The maximum absolute atomic E-state index is 12.0. The first kappa shape index (κ1) is 14.9. The summed E-state index contributed by atoms with van der Waals surface area (Å²) in [7, 11) is 0. The molecule has 2 aromatic rings. The maximum atomic E-state index is 12.0. The normalized spacial score (nSPS) is 11.0. The molecule has 0 atom stereocenters. The zero-order valence-electron chi connectivity index (χ0n) is 10.8. The molecule has 0 saturated carbocycles. The topological polar surface area (TPSA) is 35.5 Å². The van der Waals surface area contributed by atoms with E-state index in [1.165, 1.54) is 24.3 Å². The zero-order chi connectivity index (χ0) is 15.3. The van der Waals surface area contributed by atoms with Gasteiger partial charge >= 0.3 is 12.1 Å². The molecule has 2 aromatic carbocycles. The van der Waals surface area contributed by atoms with Crippen LogP contribution >= 0.6 is 0 Å². The third-order valence-electron chi connectivity index (χ3n) is 2.45. The van der Waals surface area contributed by atoms with E-state index in [2.05, 4.69) is 4.74 Å². The van der Waals surface area contributed by atoms with E-state index >= 15 is 0 Å². The van der Waals surface area contributed by atoms with Crippen LogP contribution in [0.2, 0.25) is 0 Å². The largest absolute Gasteiger partial charge is 0.484 e. The van der Waals surface area contributed by atoms with Crippen molar-refractivity contribution in [3.05, 3.63) is 60.2 Å². The molecule has 3 nitrogen and oxygen atoms in total. The van der Waals surface area contributed by atoms with Crippen LogP contribution in [0.5, 0.6) is 11.5 Å². The Labute approximate surface area is 118 Å². The molecule has 0 heterocycles. The SMILES string of the molecule is O=C(Oc1ccc(OCC(F)(F)F)cc1)c1ccccc1. The van der Waals surface area contributed by atoms with Crippen molar-refractivity contribution < 1.29 is 27.4 Å². The Balaban J connectivity index is 1.95. The van der Waals surface area contributed by atoms with Gasteiger partial charge in [-0.15, -0.1) is 0 Å². The van der Waals surface area contributed by atoms with Gasteiger partial charge in [0.05, 0.1) is 5.56 Å². The molecule has 21 heavy (non-hydrogen) atoms. The molecular weight excluding hydrogens is 285 g/mol. The summed E-state index contributed by atoms with van der Waals surface area (Å²) in [6, 6.07) is 13.7. The lowest BCUT2D eigenvalue weighted by Gasteiger charge is -2.09. The van der Waals surface area contributed by atoms with Crippen molar-refractivity contribution in [1.82, 2.24) is 0 Å². The van der Waals surface area contributed by atoms with Gasteiger partial charge in [-0.05, 0) is 36.4 Å². The van der Waals surface area contributed by atoms with Crippen LogP contribution in [-0.2, 0) is 0 Å². The first-order valence-corrected chi connectivity index (χ1v) is 6.01. The van der Waals surface area contributed by atoms with Crippen molar-refractivity contribution in [3.63, 3.8) is 0 Å². The summed E-state index contributed by atoms with van der Waals surface area (Å²) in [6.07, 6.45) is -4.39. The first-order chi connectivity index (χ1) is 9.94. The van der Waals surface area contributed by atoms with Gasteiger partial charge in [-0.25, -0.2) is 4.79 Å². The van der Waals surface area contributed by atoms with Gasteiger partial charge < -0.3 is 9.47 Å². The van der Waals surface area contributed by atoms with Crippen molar-refractivity contribution in [3.8, 4) is 11.5 Å². The second-order valence-corrected chi connectivity index (χ2v) is 4.13. The molecule has 0 aliphatic rings. The molecule has 0 fully saturated rings. The Morgan fingerprint density at radius 1 is 0.905 bits per heavy atom. The summed E-state index contributed by atoms with van der Waals surface area (Å²) in [5.74, 6) is -0.269. The fourth-order valence-corrected chi connectivity index (χ4v) is 1.51. The minimum atomic E-state index is -4.39. The van der Waals surface area contributed by atoms with Crippen LogP contribution in [0.4, 0.5) is 13.2 Å². The second-order valence-electron chi connectivity index (χ2n) is 4.13.